The first-order valence-electron chi connectivity index (χ1n) is 8.18. The van der Waals surface area contributed by atoms with Crippen molar-refractivity contribution in [2.24, 2.45) is 17.8 Å². The third-order valence-electron chi connectivity index (χ3n) is 5.18. The molecule has 114 valence electrons. The zero-order valence-corrected chi connectivity index (χ0v) is 12.9. The van der Waals surface area contributed by atoms with Crippen LogP contribution in [-0.2, 0) is 0 Å². The molecule has 0 aliphatic heterocycles. The normalized spacial score (nSPS) is 28.4. The molecule has 2 N–H and O–H groups in total. The minimum atomic E-state index is 0.000761. The van der Waals surface area contributed by atoms with Gasteiger partial charge in [0.15, 0.2) is 0 Å². The van der Waals surface area contributed by atoms with Gasteiger partial charge in [-0.2, -0.15) is 0 Å². The molecule has 1 amide bonds. The Morgan fingerprint density at radius 1 is 1.38 bits per heavy atom. The maximum Gasteiger partial charge on any atom is 0.253 e. The molecule has 0 aromatic carbocycles. The molecule has 0 spiro atoms. The summed E-state index contributed by atoms with van der Waals surface area (Å²) >= 11 is 0. The van der Waals surface area contributed by atoms with Crippen LogP contribution in [0.1, 0.15) is 49.9 Å². The second kappa shape index (κ2) is 6.04. The quantitative estimate of drug-likeness (QED) is 0.875. The Hall–Kier alpha value is -1.58. The van der Waals surface area contributed by atoms with Crippen LogP contribution in [0, 0.1) is 17.8 Å². The van der Waals surface area contributed by atoms with Crippen molar-refractivity contribution in [3.05, 3.63) is 23.9 Å². The molecule has 1 aromatic rings. The van der Waals surface area contributed by atoms with Crippen LogP contribution in [0.15, 0.2) is 18.3 Å². The lowest BCUT2D eigenvalue weighted by atomic mass is 9.84. The molecule has 1 aromatic heterocycles. The number of aromatic nitrogens is 1. The first-order chi connectivity index (χ1) is 10.2. The van der Waals surface area contributed by atoms with E-state index in [1.165, 1.54) is 25.7 Å². The van der Waals surface area contributed by atoms with Crippen LogP contribution >= 0.6 is 0 Å². The van der Waals surface area contributed by atoms with Gasteiger partial charge in [-0.1, -0.05) is 6.42 Å². The van der Waals surface area contributed by atoms with Crippen LogP contribution < -0.4 is 10.6 Å². The van der Waals surface area contributed by atoms with E-state index in [0.717, 1.165) is 24.2 Å². The summed E-state index contributed by atoms with van der Waals surface area (Å²) in [5, 5.41) is 6.31. The van der Waals surface area contributed by atoms with Gasteiger partial charge in [-0.05, 0) is 63.0 Å². The van der Waals surface area contributed by atoms with Crippen molar-refractivity contribution in [2.75, 3.05) is 11.9 Å². The highest BCUT2D eigenvalue weighted by Gasteiger charge is 2.42. The van der Waals surface area contributed by atoms with Crippen molar-refractivity contribution in [1.29, 1.82) is 0 Å². The van der Waals surface area contributed by atoms with Gasteiger partial charge in [0.05, 0.1) is 5.56 Å². The molecular weight excluding hydrogens is 262 g/mol. The SMILES string of the molecule is CCNc1ccc(C(=O)NC(C)C2CC3CCC2C3)cn1. The van der Waals surface area contributed by atoms with E-state index in [4.69, 9.17) is 0 Å². The van der Waals surface area contributed by atoms with Crippen LogP contribution in [0.2, 0.25) is 0 Å². The highest BCUT2D eigenvalue weighted by Crippen LogP contribution is 2.49. The van der Waals surface area contributed by atoms with E-state index in [0.29, 0.717) is 11.5 Å². The van der Waals surface area contributed by atoms with Gasteiger partial charge >= 0.3 is 0 Å². The Morgan fingerprint density at radius 3 is 2.81 bits per heavy atom. The molecule has 2 aliphatic carbocycles. The van der Waals surface area contributed by atoms with Gasteiger partial charge in [-0.3, -0.25) is 4.79 Å². The smallest absolute Gasteiger partial charge is 0.253 e. The molecule has 2 aliphatic rings. The van der Waals surface area contributed by atoms with E-state index in [1.54, 1.807) is 6.20 Å². The average Bonchev–Trinajstić information content (AvgIpc) is 3.11. The summed E-state index contributed by atoms with van der Waals surface area (Å²) in [5.74, 6) is 3.23. The monoisotopic (exact) mass is 287 g/mol. The molecule has 3 rings (SSSR count). The fourth-order valence-electron chi connectivity index (χ4n) is 4.12. The number of nitrogens with one attached hydrogen (secondary N) is 2. The maximum atomic E-state index is 12.3. The van der Waals surface area contributed by atoms with Gasteiger partial charge in [-0.25, -0.2) is 4.98 Å². The van der Waals surface area contributed by atoms with E-state index >= 15 is 0 Å². The lowest BCUT2D eigenvalue weighted by molar-refractivity contribution is 0.0915. The lowest BCUT2D eigenvalue weighted by Gasteiger charge is -2.28. The molecule has 4 unspecified atom stereocenters. The summed E-state index contributed by atoms with van der Waals surface area (Å²) in [6.45, 7) is 5.02. The maximum absolute atomic E-state index is 12.3. The van der Waals surface area contributed by atoms with Gasteiger partial charge in [0.25, 0.3) is 5.91 Å². The minimum Gasteiger partial charge on any atom is -0.370 e. The number of rotatable bonds is 5. The Balaban J connectivity index is 1.58. The molecule has 2 bridgehead atoms. The number of carbonyl (C=O) groups is 1. The van der Waals surface area contributed by atoms with Gasteiger partial charge in [0.2, 0.25) is 0 Å². The van der Waals surface area contributed by atoms with Crippen molar-refractivity contribution in [3.8, 4) is 0 Å². The highest BCUT2D eigenvalue weighted by atomic mass is 16.1. The Morgan fingerprint density at radius 2 is 2.24 bits per heavy atom. The average molecular weight is 287 g/mol. The van der Waals surface area contributed by atoms with E-state index in [9.17, 15) is 4.79 Å². The van der Waals surface area contributed by atoms with Crippen molar-refractivity contribution >= 4 is 11.7 Å². The van der Waals surface area contributed by atoms with Gasteiger partial charge in [-0.15, -0.1) is 0 Å². The summed E-state index contributed by atoms with van der Waals surface area (Å²) < 4.78 is 0. The van der Waals surface area contributed by atoms with Crippen LogP contribution in [0.3, 0.4) is 0 Å². The summed E-state index contributed by atoms with van der Waals surface area (Å²) in [7, 11) is 0. The number of nitrogens with zero attached hydrogens (tertiary/aromatic N) is 1. The highest BCUT2D eigenvalue weighted by molar-refractivity contribution is 5.94. The van der Waals surface area contributed by atoms with Crippen LogP contribution in [0.25, 0.3) is 0 Å². The zero-order valence-electron chi connectivity index (χ0n) is 12.9. The van der Waals surface area contributed by atoms with Gasteiger partial charge in [0, 0.05) is 18.8 Å². The number of anilines is 1. The molecule has 4 atom stereocenters. The summed E-state index contributed by atoms with van der Waals surface area (Å²) in [6.07, 6.45) is 7.08. The second-order valence-corrected chi connectivity index (χ2v) is 6.56. The second-order valence-electron chi connectivity index (χ2n) is 6.56. The molecule has 0 radical (unpaired) electrons. The molecule has 21 heavy (non-hydrogen) atoms. The van der Waals surface area contributed by atoms with Gasteiger partial charge < -0.3 is 10.6 Å². The Labute approximate surface area is 126 Å². The Bertz CT molecular complexity index is 499. The first-order valence-corrected chi connectivity index (χ1v) is 8.18. The van der Waals surface area contributed by atoms with E-state index in [1.807, 2.05) is 19.1 Å². The summed E-state index contributed by atoms with van der Waals surface area (Å²) in [5.41, 5.74) is 0.645. The van der Waals surface area contributed by atoms with Crippen molar-refractivity contribution in [2.45, 2.75) is 45.6 Å². The first kappa shape index (κ1) is 14.4. The number of pyridine rings is 1. The number of fused-ring (bicyclic) bond motifs is 2. The lowest BCUT2D eigenvalue weighted by Crippen LogP contribution is -2.40. The van der Waals surface area contributed by atoms with Crippen molar-refractivity contribution in [1.82, 2.24) is 10.3 Å². The van der Waals surface area contributed by atoms with E-state index in [-0.39, 0.29) is 11.9 Å². The standard InChI is InChI=1S/C17H25N3O/c1-3-18-16-7-6-14(10-19-16)17(21)20-11(2)15-9-12-4-5-13(15)8-12/h6-7,10-13,15H,3-5,8-9H2,1-2H3,(H,18,19)(H,20,21). The van der Waals surface area contributed by atoms with Crippen LogP contribution in [0.4, 0.5) is 5.82 Å². The molecule has 0 saturated heterocycles. The fraction of sp³-hybridized carbons (Fsp3) is 0.647. The third-order valence-corrected chi connectivity index (χ3v) is 5.18. The molecule has 4 nitrogen and oxygen atoms in total. The number of carbonyl (C=O) groups excluding carboxylic acids is 1. The molecule has 4 heteroatoms. The number of hydrogen-bond acceptors (Lipinski definition) is 3. The zero-order chi connectivity index (χ0) is 14.8. The van der Waals surface area contributed by atoms with Crippen LogP contribution in [0.5, 0.6) is 0 Å². The summed E-state index contributed by atoms with van der Waals surface area (Å²) in [6, 6.07) is 3.97. The van der Waals surface area contributed by atoms with Crippen molar-refractivity contribution in [3.63, 3.8) is 0 Å². The fourth-order valence-corrected chi connectivity index (χ4v) is 4.12. The number of amides is 1. The molecule has 2 saturated carbocycles. The molecular formula is C17H25N3O. The van der Waals surface area contributed by atoms with Gasteiger partial charge in [0.1, 0.15) is 5.82 Å². The largest absolute Gasteiger partial charge is 0.370 e. The van der Waals surface area contributed by atoms with E-state index in [2.05, 4.69) is 22.5 Å². The number of hydrogen-bond donors (Lipinski definition) is 2. The van der Waals surface area contributed by atoms with E-state index < -0.39 is 0 Å². The Kier molecular flexibility index (Phi) is 4.13. The topological polar surface area (TPSA) is 54.0 Å². The minimum absolute atomic E-state index is 0.000761. The predicted octanol–water partition coefficient (Wildman–Crippen LogP) is 3.07. The predicted molar refractivity (Wildman–Crippen MR) is 84.3 cm³/mol. The molecule has 1 heterocycles. The van der Waals surface area contributed by atoms with Crippen LogP contribution in [-0.4, -0.2) is 23.5 Å². The third kappa shape index (κ3) is 3.04. The molecule has 2 fully saturated rings. The summed E-state index contributed by atoms with van der Waals surface area (Å²) in [4.78, 5) is 16.6. The van der Waals surface area contributed by atoms with Crippen molar-refractivity contribution < 1.29 is 4.79 Å².